The number of aromatic nitrogens is 2. The number of benzene rings is 3. The van der Waals surface area contributed by atoms with Gasteiger partial charge in [-0.3, -0.25) is 0 Å². The standard InChI is InChI=1S/C23H16N2S2/c1-2-7-17(8-3-1)20-14-27-23-21(20)22(24-15-25-23)26-13-18-11-6-10-16-9-4-5-12-19(16)18/h1-12,14-15H,13H2. The second-order valence-electron chi connectivity index (χ2n) is 6.30. The molecule has 0 aliphatic rings. The molecule has 0 spiro atoms. The van der Waals surface area contributed by atoms with E-state index in [2.05, 4.69) is 82.1 Å². The molecule has 0 N–H and O–H groups in total. The van der Waals surface area contributed by atoms with Crippen LogP contribution in [0, 0.1) is 0 Å². The van der Waals surface area contributed by atoms with Gasteiger partial charge in [-0.2, -0.15) is 0 Å². The number of fused-ring (bicyclic) bond motifs is 2. The lowest BCUT2D eigenvalue weighted by atomic mass is 10.1. The van der Waals surface area contributed by atoms with Crippen molar-refractivity contribution in [2.45, 2.75) is 10.8 Å². The molecule has 0 bridgehead atoms. The van der Waals surface area contributed by atoms with E-state index in [9.17, 15) is 0 Å². The van der Waals surface area contributed by atoms with Crippen LogP contribution in [0.3, 0.4) is 0 Å². The zero-order valence-corrected chi connectivity index (χ0v) is 16.1. The van der Waals surface area contributed by atoms with E-state index >= 15 is 0 Å². The Morgan fingerprint density at radius 3 is 2.56 bits per heavy atom. The van der Waals surface area contributed by atoms with Crippen molar-refractivity contribution in [3.63, 3.8) is 0 Å². The van der Waals surface area contributed by atoms with E-state index < -0.39 is 0 Å². The molecule has 130 valence electrons. The topological polar surface area (TPSA) is 25.8 Å². The normalized spacial score (nSPS) is 11.3. The van der Waals surface area contributed by atoms with Gasteiger partial charge in [-0.05, 0) is 21.9 Å². The van der Waals surface area contributed by atoms with Gasteiger partial charge in [0.05, 0.1) is 5.39 Å². The van der Waals surface area contributed by atoms with Crippen molar-refractivity contribution in [1.82, 2.24) is 9.97 Å². The van der Waals surface area contributed by atoms with Crippen molar-refractivity contribution < 1.29 is 0 Å². The van der Waals surface area contributed by atoms with Gasteiger partial charge < -0.3 is 0 Å². The third-order valence-corrected chi connectivity index (χ3v) is 6.59. The molecule has 3 aromatic carbocycles. The molecule has 27 heavy (non-hydrogen) atoms. The van der Waals surface area contributed by atoms with Crippen molar-refractivity contribution in [3.05, 3.63) is 90.1 Å². The van der Waals surface area contributed by atoms with Crippen LogP contribution < -0.4 is 0 Å². The molecule has 0 aliphatic carbocycles. The van der Waals surface area contributed by atoms with E-state index in [1.807, 2.05) is 6.07 Å². The van der Waals surface area contributed by atoms with Gasteiger partial charge in [-0.1, -0.05) is 72.8 Å². The maximum Gasteiger partial charge on any atom is 0.128 e. The number of hydrogen-bond acceptors (Lipinski definition) is 4. The van der Waals surface area contributed by atoms with Crippen LogP contribution in [0.25, 0.3) is 32.1 Å². The van der Waals surface area contributed by atoms with Crippen LogP contribution >= 0.6 is 23.1 Å². The predicted molar refractivity (Wildman–Crippen MR) is 116 cm³/mol. The van der Waals surface area contributed by atoms with Gasteiger partial charge in [0.2, 0.25) is 0 Å². The molecule has 2 aromatic heterocycles. The number of nitrogens with zero attached hydrogens (tertiary/aromatic N) is 2. The van der Waals surface area contributed by atoms with E-state index in [-0.39, 0.29) is 0 Å². The van der Waals surface area contributed by atoms with E-state index in [1.165, 1.54) is 32.8 Å². The number of hydrogen-bond donors (Lipinski definition) is 0. The largest absolute Gasteiger partial charge is 0.229 e. The molecular weight excluding hydrogens is 368 g/mol. The molecular formula is C23H16N2S2. The summed E-state index contributed by atoms with van der Waals surface area (Å²) in [5.74, 6) is 0.886. The van der Waals surface area contributed by atoms with Gasteiger partial charge in [-0.25, -0.2) is 9.97 Å². The van der Waals surface area contributed by atoms with Crippen molar-refractivity contribution in [2.24, 2.45) is 0 Å². The molecule has 0 atom stereocenters. The Labute approximate surface area is 165 Å². The summed E-state index contributed by atoms with van der Waals surface area (Å²) in [5, 5.41) is 7.00. The molecule has 0 fully saturated rings. The molecule has 5 aromatic rings. The summed E-state index contributed by atoms with van der Waals surface area (Å²) in [6.07, 6.45) is 1.68. The van der Waals surface area contributed by atoms with Crippen LogP contribution in [-0.2, 0) is 5.75 Å². The molecule has 5 rings (SSSR count). The minimum Gasteiger partial charge on any atom is -0.229 e. The molecule has 0 saturated carbocycles. The zero-order chi connectivity index (χ0) is 18.1. The van der Waals surface area contributed by atoms with Crippen LogP contribution in [0.4, 0.5) is 0 Å². The maximum atomic E-state index is 4.62. The lowest BCUT2D eigenvalue weighted by molar-refractivity contribution is 1.11. The van der Waals surface area contributed by atoms with Crippen molar-refractivity contribution in [3.8, 4) is 11.1 Å². The summed E-state index contributed by atoms with van der Waals surface area (Å²) < 4.78 is 0. The van der Waals surface area contributed by atoms with Gasteiger partial charge in [-0.15, -0.1) is 23.1 Å². The highest BCUT2D eigenvalue weighted by Gasteiger charge is 2.14. The lowest BCUT2D eigenvalue weighted by Crippen LogP contribution is -1.88. The zero-order valence-electron chi connectivity index (χ0n) is 14.5. The van der Waals surface area contributed by atoms with Gasteiger partial charge >= 0.3 is 0 Å². The molecule has 2 heterocycles. The lowest BCUT2D eigenvalue weighted by Gasteiger charge is -2.08. The quantitative estimate of drug-likeness (QED) is 0.252. The molecule has 2 nitrogen and oxygen atoms in total. The molecule has 4 heteroatoms. The first-order chi connectivity index (χ1) is 13.4. The van der Waals surface area contributed by atoms with Crippen molar-refractivity contribution >= 4 is 44.1 Å². The van der Waals surface area contributed by atoms with Gasteiger partial charge in [0.1, 0.15) is 16.2 Å². The van der Waals surface area contributed by atoms with Crippen molar-refractivity contribution in [2.75, 3.05) is 0 Å². The summed E-state index contributed by atoms with van der Waals surface area (Å²) in [6.45, 7) is 0. The van der Waals surface area contributed by atoms with Gasteiger partial charge in [0, 0.05) is 16.7 Å². The first-order valence-corrected chi connectivity index (χ1v) is 10.6. The Hall–Kier alpha value is -2.69. The molecule has 0 amide bonds. The fourth-order valence-electron chi connectivity index (χ4n) is 3.35. The maximum absolute atomic E-state index is 4.62. The van der Waals surface area contributed by atoms with Crippen LogP contribution in [0.15, 0.2) is 89.5 Å². The summed E-state index contributed by atoms with van der Waals surface area (Å²) in [7, 11) is 0. The third-order valence-electron chi connectivity index (χ3n) is 4.66. The number of thioether (sulfide) groups is 1. The highest BCUT2D eigenvalue weighted by Crippen LogP contribution is 2.39. The van der Waals surface area contributed by atoms with E-state index in [1.54, 1.807) is 29.4 Å². The van der Waals surface area contributed by atoms with Crippen LogP contribution in [-0.4, -0.2) is 9.97 Å². The van der Waals surface area contributed by atoms with Crippen LogP contribution in [0.1, 0.15) is 5.56 Å². The average molecular weight is 385 g/mol. The van der Waals surface area contributed by atoms with Crippen molar-refractivity contribution in [1.29, 1.82) is 0 Å². The summed E-state index contributed by atoms with van der Waals surface area (Å²) in [4.78, 5) is 10.2. The number of rotatable bonds is 4. The third kappa shape index (κ3) is 3.11. The molecule has 0 radical (unpaired) electrons. The first-order valence-electron chi connectivity index (χ1n) is 8.77. The minimum absolute atomic E-state index is 0.886. The Bertz CT molecular complexity index is 1220. The van der Waals surface area contributed by atoms with Crippen LogP contribution in [0.2, 0.25) is 0 Å². The Morgan fingerprint density at radius 2 is 1.63 bits per heavy atom. The Balaban J connectivity index is 1.55. The fraction of sp³-hybridized carbons (Fsp3) is 0.0435. The highest BCUT2D eigenvalue weighted by atomic mass is 32.2. The first kappa shape index (κ1) is 16.5. The second-order valence-corrected chi connectivity index (χ2v) is 8.12. The predicted octanol–water partition coefficient (Wildman–Crippen LogP) is 6.80. The molecule has 0 saturated heterocycles. The Morgan fingerprint density at radius 1 is 0.815 bits per heavy atom. The Kier molecular flexibility index (Phi) is 4.36. The average Bonchev–Trinajstić information content (AvgIpc) is 3.18. The van der Waals surface area contributed by atoms with E-state index in [0.717, 1.165) is 15.6 Å². The summed E-state index contributed by atoms with van der Waals surface area (Å²) >= 11 is 3.47. The highest BCUT2D eigenvalue weighted by molar-refractivity contribution is 7.98. The smallest absolute Gasteiger partial charge is 0.128 e. The second kappa shape index (κ2) is 7.14. The molecule has 0 unspecified atom stereocenters. The van der Waals surface area contributed by atoms with E-state index in [0.29, 0.717) is 0 Å². The molecule has 0 aliphatic heterocycles. The summed E-state index contributed by atoms with van der Waals surface area (Å²) in [5.41, 5.74) is 3.77. The number of thiophene rings is 1. The van der Waals surface area contributed by atoms with Gasteiger partial charge in [0.25, 0.3) is 0 Å². The minimum atomic E-state index is 0.886. The SMILES string of the molecule is c1ccc(-c2csc3ncnc(SCc4cccc5ccccc45)c23)cc1. The van der Waals surface area contributed by atoms with Crippen LogP contribution in [0.5, 0.6) is 0 Å². The fourth-order valence-corrected chi connectivity index (χ4v) is 5.35. The summed E-state index contributed by atoms with van der Waals surface area (Å²) in [6, 6.07) is 25.5. The van der Waals surface area contributed by atoms with E-state index in [4.69, 9.17) is 0 Å². The monoisotopic (exact) mass is 384 g/mol. The van der Waals surface area contributed by atoms with Gasteiger partial charge in [0.15, 0.2) is 0 Å².